The van der Waals surface area contributed by atoms with E-state index in [9.17, 15) is 4.79 Å². The Morgan fingerprint density at radius 3 is 2.77 bits per heavy atom. The van der Waals surface area contributed by atoms with Gasteiger partial charge in [0.2, 0.25) is 5.75 Å². The third kappa shape index (κ3) is 2.98. The maximum atomic E-state index is 12.5. The second kappa shape index (κ2) is 6.46. The van der Waals surface area contributed by atoms with Gasteiger partial charge in [0.25, 0.3) is 5.91 Å². The van der Waals surface area contributed by atoms with Gasteiger partial charge in [0.15, 0.2) is 11.5 Å². The Morgan fingerprint density at radius 2 is 2.00 bits per heavy atom. The van der Waals surface area contributed by atoms with Crippen LogP contribution >= 0.6 is 0 Å². The van der Waals surface area contributed by atoms with Gasteiger partial charge in [0.1, 0.15) is 13.2 Å². The number of rotatable bonds is 3. The van der Waals surface area contributed by atoms with Gasteiger partial charge in [-0.1, -0.05) is 19.8 Å². The highest BCUT2D eigenvalue weighted by Gasteiger charge is 2.25. The Bertz CT molecular complexity index is 541. The van der Waals surface area contributed by atoms with Crippen LogP contribution in [0.3, 0.4) is 0 Å². The fourth-order valence-corrected chi connectivity index (χ4v) is 3.19. The summed E-state index contributed by atoms with van der Waals surface area (Å²) in [6, 6.07) is 3.70. The van der Waals surface area contributed by atoms with Crippen LogP contribution in [0.5, 0.6) is 17.2 Å². The van der Waals surface area contributed by atoms with Gasteiger partial charge in [-0.25, -0.2) is 0 Å². The predicted molar refractivity (Wildman–Crippen MR) is 82.9 cm³/mol. The molecule has 1 heterocycles. The molecule has 1 saturated carbocycles. The molecule has 0 aromatic heterocycles. The zero-order valence-corrected chi connectivity index (χ0v) is 13.2. The number of benzene rings is 1. The average Bonchev–Trinajstić information content (AvgIpc) is 2.55. The van der Waals surface area contributed by atoms with Crippen molar-refractivity contribution in [2.24, 2.45) is 5.92 Å². The first kappa shape index (κ1) is 15.0. The Kier molecular flexibility index (Phi) is 4.41. The normalized spacial score (nSPS) is 23.7. The molecule has 3 rings (SSSR count). The number of carbonyl (C=O) groups excluding carboxylic acids is 1. The molecule has 22 heavy (non-hydrogen) atoms. The van der Waals surface area contributed by atoms with E-state index in [1.54, 1.807) is 19.2 Å². The lowest BCUT2D eigenvalue weighted by Crippen LogP contribution is -2.41. The molecule has 1 amide bonds. The van der Waals surface area contributed by atoms with E-state index in [0.717, 1.165) is 6.42 Å². The van der Waals surface area contributed by atoms with Gasteiger partial charge in [-0.05, 0) is 30.9 Å². The lowest BCUT2D eigenvalue weighted by Gasteiger charge is -2.29. The lowest BCUT2D eigenvalue weighted by atomic mass is 9.86. The molecular weight excluding hydrogens is 282 g/mol. The number of carbonyl (C=O) groups is 1. The summed E-state index contributed by atoms with van der Waals surface area (Å²) in [5, 5.41) is 3.15. The van der Waals surface area contributed by atoms with Crippen molar-refractivity contribution in [2.75, 3.05) is 20.3 Å². The van der Waals surface area contributed by atoms with Gasteiger partial charge in [-0.15, -0.1) is 0 Å². The summed E-state index contributed by atoms with van der Waals surface area (Å²) >= 11 is 0. The molecule has 0 spiro atoms. The third-order valence-electron chi connectivity index (χ3n) is 4.52. The summed E-state index contributed by atoms with van der Waals surface area (Å²) in [6.07, 6.45) is 4.66. The second-order valence-electron chi connectivity index (χ2n) is 6.04. The summed E-state index contributed by atoms with van der Waals surface area (Å²) in [5.74, 6) is 2.15. The van der Waals surface area contributed by atoms with E-state index in [-0.39, 0.29) is 11.9 Å². The first-order valence-electron chi connectivity index (χ1n) is 7.97. The summed E-state index contributed by atoms with van der Waals surface area (Å²) in [4.78, 5) is 12.5. The minimum absolute atomic E-state index is 0.0750. The van der Waals surface area contributed by atoms with E-state index in [4.69, 9.17) is 14.2 Å². The highest BCUT2D eigenvalue weighted by atomic mass is 16.6. The molecule has 2 aliphatic rings. The Balaban J connectivity index is 1.80. The van der Waals surface area contributed by atoms with Crippen LogP contribution in [0.1, 0.15) is 43.0 Å². The number of ether oxygens (including phenoxy) is 3. The van der Waals surface area contributed by atoms with Crippen molar-refractivity contribution in [1.82, 2.24) is 5.32 Å². The average molecular weight is 305 g/mol. The maximum Gasteiger partial charge on any atom is 0.251 e. The van der Waals surface area contributed by atoms with Crippen molar-refractivity contribution in [1.29, 1.82) is 0 Å². The van der Waals surface area contributed by atoms with Gasteiger partial charge >= 0.3 is 0 Å². The molecule has 2 atom stereocenters. The van der Waals surface area contributed by atoms with Crippen molar-refractivity contribution in [3.05, 3.63) is 17.7 Å². The van der Waals surface area contributed by atoms with E-state index in [1.807, 2.05) is 0 Å². The fourth-order valence-electron chi connectivity index (χ4n) is 3.19. The van der Waals surface area contributed by atoms with Crippen molar-refractivity contribution >= 4 is 5.91 Å². The third-order valence-corrected chi connectivity index (χ3v) is 4.52. The molecule has 5 nitrogen and oxygen atoms in total. The quantitative estimate of drug-likeness (QED) is 0.933. The Hall–Kier alpha value is -1.91. The van der Waals surface area contributed by atoms with Crippen LogP contribution in [0, 0.1) is 5.92 Å². The largest absolute Gasteiger partial charge is 0.493 e. The van der Waals surface area contributed by atoms with Gasteiger partial charge in [-0.3, -0.25) is 4.79 Å². The van der Waals surface area contributed by atoms with Gasteiger partial charge in [0.05, 0.1) is 7.11 Å². The highest BCUT2D eigenvalue weighted by molar-refractivity contribution is 5.95. The molecule has 1 N–H and O–H groups in total. The van der Waals surface area contributed by atoms with Crippen LogP contribution in [0.2, 0.25) is 0 Å². The molecule has 1 fully saturated rings. The van der Waals surface area contributed by atoms with E-state index in [2.05, 4.69) is 12.2 Å². The zero-order valence-electron chi connectivity index (χ0n) is 13.2. The molecule has 1 aromatic carbocycles. The molecule has 5 heteroatoms. The SMILES string of the molecule is COc1cc(C(=O)NC2CCCCC2C)cc2c1OCCO2. The van der Waals surface area contributed by atoms with Crippen LogP contribution in [0.4, 0.5) is 0 Å². The number of hydrogen-bond donors (Lipinski definition) is 1. The van der Waals surface area contributed by atoms with Gasteiger partial charge in [-0.2, -0.15) is 0 Å². The molecule has 1 aromatic rings. The fraction of sp³-hybridized carbons (Fsp3) is 0.588. The zero-order chi connectivity index (χ0) is 15.5. The lowest BCUT2D eigenvalue weighted by molar-refractivity contribution is 0.0908. The monoisotopic (exact) mass is 305 g/mol. The van der Waals surface area contributed by atoms with Crippen LogP contribution in [0.25, 0.3) is 0 Å². The summed E-state index contributed by atoms with van der Waals surface area (Å²) in [6.45, 7) is 3.18. The van der Waals surface area contributed by atoms with Crippen molar-refractivity contribution < 1.29 is 19.0 Å². The topological polar surface area (TPSA) is 56.8 Å². The Labute approximate surface area is 130 Å². The summed E-state index contributed by atoms with van der Waals surface area (Å²) in [7, 11) is 1.57. The molecule has 0 radical (unpaired) electrons. The summed E-state index contributed by atoms with van der Waals surface area (Å²) < 4.78 is 16.5. The van der Waals surface area contributed by atoms with Crippen molar-refractivity contribution in [3.63, 3.8) is 0 Å². The standard InChI is InChI=1S/C17H23NO4/c1-11-5-3-4-6-13(11)18-17(19)12-9-14(20-2)16-15(10-12)21-7-8-22-16/h9-11,13H,3-8H2,1-2H3,(H,18,19). The molecule has 0 bridgehead atoms. The minimum atomic E-state index is -0.0750. The molecule has 0 saturated heterocycles. The number of nitrogens with one attached hydrogen (secondary N) is 1. The van der Waals surface area contributed by atoms with Crippen LogP contribution in [-0.2, 0) is 0 Å². The minimum Gasteiger partial charge on any atom is -0.493 e. The van der Waals surface area contributed by atoms with Crippen molar-refractivity contribution in [3.8, 4) is 17.2 Å². The van der Waals surface area contributed by atoms with E-state index < -0.39 is 0 Å². The number of methoxy groups -OCH3 is 1. The Morgan fingerprint density at radius 1 is 1.23 bits per heavy atom. The summed E-state index contributed by atoms with van der Waals surface area (Å²) in [5.41, 5.74) is 0.555. The van der Waals surface area contributed by atoms with Crippen LogP contribution < -0.4 is 19.5 Å². The maximum absolute atomic E-state index is 12.5. The highest BCUT2D eigenvalue weighted by Crippen LogP contribution is 2.40. The van der Waals surface area contributed by atoms with Gasteiger partial charge in [0, 0.05) is 11.6 Å². The molecule has 1 aliphatic heterocycles. The molecule has 120 valence electrons. The number of fused-ring (bicyclic) bond motifs is 1. The van der Waals surface area contributed by atoms with Crippen molar-refractivity contribution in [2.45, 2.75) is 38.6 Å². The van der Waals surface area contributed by atoms with E-state index in [1.165, 1.54) is 19.3 Å². The van der Waals surface area contributed by atoms with Gasteiger partial charge < -0.3 is 19.5 Å². The second-order valence-corrected chi connectivity index (χ2v) is 6.04. The molecular formula is C17H23NO4. The molecule has 1 aliphatic carbocycles. The van der Waals surface area contributed by atoms with E-state index in [0.29, 0.717) is 41.9 Å². The first-order valence-corrected chi connectivity index (χ1v) is 7.97. The first-order chi connectivity index (χ1) is 10.7. The predicted octanol–water partition coefficient (Wildman–Crippen LogP) is 2.77. The van der Waals surface area contributed by atoms with E-state index >= 15 is 0 Å². The number of hydrogen-bond acceptors (Lipinski definition) is 4. The van der Waals surface area contributed by atoms with Crippen LogP contribution in [0.15, 0.2) is 12.1 Å². The number of amides is 1. The van der Waals surface area contributed by atoms with Crippen LogP contribution in [-0.4, -0.2) is 32.3 Å². The smallest absolute Gasteiger partial charge is 0.251 e. The molecule has 2 unspecified atom stereocenters.